The minimum Gasteiger partial charge on any atom is -0.386 e. The number of nitrogens with zero attached hydrogens (tertiary/aromatic N) is 1. The summed E-state index contributed by atoms with van der Waals surface area (Å²) in [7, 11) is -5.38. The summed E-state index contributed by atoms with van der Waals surface area (Å²) in [5.41, 5.74) is -1.77. The third kappa shape index (κ3) is 4.62. The summed E-state index contributed by atoms with van der Waals surface area (Å²) in [6.45, 7) is 3.46. The highest BCUT2D eigenvalue weighted by molar-refractivity contribution is 7.92. The Bertz CT molecular complexity index is 1480. The average molecular weight is 487 g/mol. The third-order valence-corrected chi connectivity index (χ3v) is 6.83. The summed E-state index contributed by atoms with van der Waals surface area (Å²) >= 11 is 0. The van der Waals surface area contributed by atoms with Crippen molar-refractivity contribution in [2.45, 2.75) is 29.9 Å². The van der Waals surface area contributed by atoms with Crippen LogP contribution in [0.1, 0.15) is 30.8 Å². The fourth-order valence-corrected chi connectivity index (χ4v) is 4.37. The van der Waals surface area contributed by atoms with Crippen molar-refractivity contribution < 1.29 is 26.7 Å². The highest BCUT2D eigenvalue weighted by Gasteiger charge is 2.46. The molecule has 0 atom stereocenters. The van der Waals surface area contributed by atoms with Crippen molar-refractivity contribution in [2.75, 3.05) is 0 Å². The number of nitrogens with one attached hydrogen (secondary N) is 1. The third-order valence-electron chi connectivity index (χ3n) is 5.33. The van der Waals surface area contributed by atoms with Crippen molar-refractivity contribution in [3.63, 3.8) is 0 Å². The Labute approximate surface area is 194 Å². The zero-order chi connectivity index (χ0) is 24.7. The van der Waals surface area contributed by atoms with Gasteiger partial charge < -0.3 is 10.1 Å². The number of rotatable bonds is 5. The Morgan fingerprint density at radius 3 is 2.26 bits per heavy atom. The number of fused-ring (bicyclic) bond motifs is 1. The van der Waals surface area contributed by atoms with E-state index in [0.29, 0.717) is 16.9 Å². The van der Waals surface area contributed by atoms with Gasteiger partial charge in [-0.25, -0.2) is 13.4 Å². The molecule has 0 aliphatic carbocycles. The lowest BCUT2D eigenvalue weighted by molar-refractivity contribution is -0.0436. The molecule has 1 heterocycles. The number of sulfone groups is 1. The standard InChI is InChI=1S/C25H21F3N2O3S/c1-24(2,31)20-6-4-3-5-19(20)17-10-13-21-22(15-17)30-23(29-21)14-9-16-7-11-18(12-8-16)34(32,33)25(26,27)28/h3-15,31H,1-2H3,(H,29,30)/b14-9+. The van der Waals surface area contributed by atoms with E-state index in [4.69, 9.17) is 0 Å². The normalized spacial score (nSPS) is 13.1. The molecule has 0 aliphatic rings. The van der Waals surface area contributed by atoms with Gasteiger partial charge in [0.1, 0.15) is 5.82 Å². The van der Waals surface area contributed by atoms with Crippen molar-refractivity contribution in [2.24, 2.45) is 0 Å². The van der Waals surface area contributed by atoms with Crippen LogP contribution in [0.15, 0.2) is 71.6 Å². The first kappa shape index (κ1) is 23.7. The summed E-state index contributed by atoms with van der Waals surface area (Å²) in [6.07, 6.45) is 3.27. The van der Waals surface area contributed by atoms with Gasteiger partial charge in [-0.05, 0) is 66.4 Å². The first-order chi connectivity index (χ1) is 15.9. The monoisotopic (exact) mass is 486 g/mol. The van der Waals surface area contributed by atoms with Crippen LogP contribution in [0.25, 0.3) is 34.3 Å². The molecule has 0 aliphatic heterocycles. The molecule has 0 fully saturated rings. The number of benzene rings is 3. The summed E-state index contributed by atoms with van der Waals surface area (Å²) in [4.78, 5) is 6.89. The first-order valence-corrected chi connectivity index (χ1v) is 11.8. The van der Waals surface area contributed by atoms with Gasteiger partial charge in [0.25, 0.3) is 9.84 Å². The van der Waals surface area contributed by atoms with Crippen molar-refractivity contribution in [1.29, 1.82) is 0 Å². The molecular formula is C25H21F3N2O3S. The van der Waals surface area contributed by atoms with Crippen molar-refractivity contribution >= 4 is 33.0 Å². The molecule has 3 aromatic carbocycles. The van der Waals surface area contributed by atoms with E-state index in [0.717, 1.165) is 34.3 Å². The summed E-state index contributed by atoms with van der Waals surface area (Å²) < 4.78 is 61.0. The van der Waals surface area contributed by atoms with E-state index in [1.54, 1.807) is 26.0 Å². The Kier molecular flexibility index (Phi) is 5.87. The molecule has 1 aromatic heterocycles. The van der Waals surface area contributed by atoms with E-state index in [2.05, 4.69) is 9.97 Å². The second-order valence-corrected chi connectivity index (χ2v) is 10.3. The zero-order valence-corrected chi connectivity index (χ0v) is 19.1. The lowest BCUT2D eigenvalue weighted by Gasteiger charge is -2.21. The lowest BCUT2D eigenvalue weighted by Crippen LogP contribution is -2.23. The highest BCUT2D eigenvalue weighted by Crippen LogP contribution is 2.33. The minimum atomic E-state index is -5.38. The van der Waals surface area contributed by atoms with E-state index in [-0.39, 0.29) is 0 Å². The molecular weight excluding hydrogens is 465 g/mol. The van der Waals surface area contributed by atoms with Crippen LogP contribution in [0.3, 0.4) is 0 Å². The van der Waals surface area contributed by atoms with Crippen molar-refractivity contribution in [1.82, 2.24) is 9.97 Å². The Morgan fingerprint density at radius 1 is 0.941 bits per heavy atom. The Balaban J connectivity index is 1.61. The van der Waals surface area contributed by atoms with Gasteiger partial charge in [0.05, 0.1) is 21.5 Å². The number of hydrogen-bond acceptors (Lipinski definition) is 4. The molecule has 4 aromatic rings. The van der Waals surface area contributed by atoms with Crippen LogP contribution >= 0.6 is 0 Å². The second kappa shape index (κ2) is 8.41. The van der Waals surface area contributed by atoms with Crippen LogP contribution in [0.4, 0.5) is 13.2 Å². The van der Waals surface area contributed by atoms with Crippen molar-refractivity contribution in [3.05, 3.63) is 83.7 Å². The maximum Gasteiger partial charge on any atom is 0.501 e. The van der Waals surface area contributed by atoms with Gasteiger partial charge in [-0.15, -0.1) is 0 Å². The molecule has 0 amide bonds. The van der Waals surface area contributed by atoms with Crippen LogP contribution in [-0.4, -0.2) is 29.0 Å². The molecule has 0 spiro atoms. The predicted octanol–water partition coefficient (Wildman–Crippen LogP) is 5.92. The first-order valence-electron chi connectivity index (χ1n) is 10.3. The second-order valence-electron chi connectivity index (χ2n) is 8.31. The van der Waals surface area contributed by atoms with Crippen LogP contribution in [0, 0.1) is 0 Å². The topological polar surface area (TPSA) is 83.0 Å². The SMILES string of the molecule is CC(C)(O)c1ccccc1-c1ccc2[nH]c(/C=C/c3ccc(S(=O)(=O)C(F)(F)F)cc3)nc2c1. The maximum absolute atomic E-state index is 12.7. The van der Waals surface area contributed by atoms with Gasteiger partial charge in [-0.3, -0.25) is 0 Å². The van der Waals surface area contributed by atoms with Crippen LogP contribution in [0.2, 0.25) is 0 Å². The Hall–Kier alpha value is -3.43. The molecule has 0 bridgehead atoms. The van der Waals surface area contributed by atoms with Crippen LogP contribution < -0.4 is 0 Å². The van der Waals surface area contributed by atoms with E-state index in [9.17, 15) is 26.7 Å². The van der Waals surface area contributed by atoms with Gasteiger partial charge >= 0.3 is 5.51 Å². The highest BCUT2D eigenvalue weighted by atomic mass is 32.2. The Morgan fingerprint density at radius 2 is 1.62 bits per heavy atom. The predicted molar refractivity (Wildman–Crippen MR) is 125 cm³/mol. The van der Waals surface area contributed by atoms with Gasteiger partial charge in [-0.2, -0.15) is 13.2 Å². The van der Waals surface area contributed by atoms with E-state index in [1.165, 1.54) is 12.1 Å². The van der Waals surface area contributed by atoms with E-state index >= 15 is 0 Å². The molecule has 0 saturated carbocycles. The molecule has 9 heteroatoms. The molecule has 0 saturated heterocycles. The number of halogens is 3. The molecule has 4 rings (SSSR count). The lowest BCUT2D eigenvalue weighted by atomic mass is 9.89. The molecule has 34 heavy (non-hydrogen) atoms. The number of H-pyrrole nitrogens is 1. The average Bonchev–Trinajstić information content (AvgIpc) is 3.19. The van der Waals surface area contributed by atoms with Gasteiger partial charge in [0.15, 0.2) is 0 Å². The van der Waals surface area contributed by atoms with Gasteiger partial charge in [0.2, 0.25) is 0 Å². The number of aromatic amines is 1. The quantitative estimate of drug-likeness (QED) is 0.367. The van der Waals surface area contributed by atoms with Gasteiger partial charge in [-0.1, -0.05) is 48.5 Å². The fraction of sp³-hybridized carbons (Fsp3) is 0.160. The number of aliphatic hydroxyl groups is 1. The number of imidazole rings is 1. The van der Waals surface area contributed by atoms with Crippen LogP contribution in [0.5, 0.6) is 0 Å². The molecule has 5 nitrogen and oxygen atoms in total. The largest absolute Gasteiger partial charge is 0.501 e. The fourth-order valence-electron chi connectivity index (χ4n) is 3.61. The summed E-state index contributed by atoms with van der Waals surface area (Å²) in [5.74, 6) is 0.523. The van der Waals surface area contributed by atoms with E-state index in [1.807, 2.05) is 42.5 Å². The minimum absolute atomic E-state index is 0.515. The summed E-state index contributed by atoms with van der Waals surface area (Å²) in [5, 5.41) is 10.5. The maximum atomic E-state index is 12.7. The molecule has 176 valence electrons. The smallest absolute Gasteiger partial charge is 0.386 e. The van der Waals surface area contributed by atoms with Gasteiger partial charge in [0, 0.05) is 0 Å². The van der Waals surface area contributed by atoms with E-state index < -0.39 is 25.8 Å². The molecule has 0 radical (unpaired) electrons. The zero-order valence-electron chi connectivity index (χ0n) is 18.3. The number of alkyl halides is 3. The van der Waals surface area contributed by atoms with Crippen LogP contribution in [-0.2, 0) is 15.4 Å². The van der Waals surface area contributed by atoms with Crippen molar-refractivity contribution in [3.8, 4) is 11.1 Å². The molecule has 0 unspecified atom stereocenters. The number of aromatic nitrogens is 2. The number of hydrogen-bond donors (Lipinski definition) is 2. The molecule has 2 N–H and O–H groups in total. The summed E-state index contributed by atoms with van der Waals surface area (Å²) in [6, 6.07) is 17.7.